The molecule has 2 aliphatic rings. The van der Waals surface area contributed by atoms with Gasteiger partial charge in [-0.15, -0.1) is 0 Å². The zero-order valence-electron chi connectivity index (χ0n) is 11.9. The van der Waals surface area contributed by atoms with Gasteiger partial charge < -0.3 is 14.7 Å². The first-order chi connectivity index (χ1) is 9.58. The molecule has 20 heavy (non-hydrogen) atoms. The average Bonchev–Trinajstić information content (AvgIpc) is 2.93. The van der Waals surface area contributed by atoms with Crippen LogP contribution in [-0.4, -0.2) is 24.3 Å². The number of rotatable bonds is 2. The SMILES string of the molecule is C=C1Oc2cc(N3CCCC3)ccc2C(C(C)O)C1=C. The highest BCUT2D eigenvalue weighted by Crippen LogP contribution is 2.43. The fourth-order valence-electron chi connectivity index (χ4n) is 3.15. The van der Waals surface area contributed by atoms with Crippen molar-refractivity contribution in [3.63, 3.8) is 0 Å². The van der Waals surface area contributed by atoms with E-state index >= 15 is 0 Å². The molecule has 1 N–H and O–H groups in total. The van der Waals surface area contributed by atoms with Crippen molar-refractivity contribution >= 4 is 5.69 Å². The van der Waals surface area contributed by atoms with Crippen LogP contribution in [0, 0.1) is 0 Å². The van der Waals surface area contributed by atoms with E-state index in [-0.39, 0.29) is 5.92 Å². The molecule has 0 spiro atoms. The maximum Gasteiger partial charge on any atom is 0.133 e. The summed E-state index contributed by atoms with van der Waals surface area (Å²) in [5.41, 5.74) is 2.95. The van der Waals surface area contributed by atoms with Crippen molar-refractivity contribution in [2.24, 2.45) is 0 Å². The highest BCUT2D eigenvalue weighted by molar-refractivity contribution is 5.59. The van der Waals surface area contributed by atoms with Crippen molar-refractivity contribution in [2.75, 3.05) is 18.0 Å². The Morgan fingerprint density at radius 3 is 2.65 bits per heavy atom. The van der Waals surface area contributed by atoms with Crippen LogP contribution in [-0.2, 0) is 0 Å². The van der Waals surface area contributed by atoms with Crippen LogP contribution >= 0.6 is 0 Å². The van der Waals surface area contributed by atoms with Crippen LogP contribution in [0.2, 0.25) is 0 Å². The fraction of sp³-hybridized carbons (Fsp3) is 0.412. The Morgan fingerprint density at radius 2 is 2.00 bits per heavy atom. The summed E-state index contributed by atoms with van der Waals surface area (Å²) < 4.78 is 5.79. The molecule has 0 saturated carbocycles. The molecule has 1 aromatic rings. The maximum atomic E-state index is 10.0. The number of hydrogen-bond donors (Lipinski definition) is 1. The molecule has 0 aromatic heterocycles. The minimum atomic E-state index is -0.500. The normalized spacial score (nSPS) is 23.5. The first kappa shape index (κ1) is 13.3. The van der Waals surface area contributed by atoms with Crippen LogP contribution in [0.1, 0.15) is 31.2 Å². The summed E-state index contributed by atoms with van der Waals surface area (Å²) >= 11 is 0. The zero-order valence-corrected chi connectivity index (χ0v) is 11.9. The van der Waals surface area contributed by atoms with Gasteiger partial charge in [0.2, 0.25) is 0 Å². The van der Waals surface area contributed by atoms with Gasteiger partial charge in [0.05, 0.1) is 6.10 Å². The van der Waals surface area contributed by atoms with Crippen LogP contribution in [0.3, 0.4) is 0 Å². The number of aliphatic hydroxyl groups excluding tert-OH is 1. The van der Waals surface area contributed by atoms with Gasteiger partial charge in [-0.05, 0) is 31.4 Å². The van der Waals surface area contributed by atoms with Crippen LogP contribution < -0.4 is 9.64 Å². The van der Waals surface area contributed by atoms with Gasteiger partial charge in [0, 0.05) is 36.3 Å². The number of fused-ring (bicyclic) bond motifs is 1. The monoisotopic (exact) mass is 271 g/mol. The third-order valence-corrected chi connectivity index (χ3v) is 4.25. The second kappa shape index (κ2) is 4.98. The van der Waals surface area contributed by atoms with E-state index in [0.29, 0.717) is 5.76 Å². The highest BCUT2D eigenvalue weighted by atomic mass is 16.5. The lowest BCUT2D eigenvalue weighted by Crippen LogP contribution is -2.24. The number of nitrogens with zero attached hydrogens (tertiary/aromatic N) is 1. The number of benzene rings is 1. The predicted octanol–water partition coefficient (Wildman–Crippen LogP) is 3.21. The van der Waals surface area contributed by atoms with Crippen molar-refractivity contribution in [2.45, 2.75) is 31.8 Å². The summed E-state index contributed by atoms with van der Waals surface area (Å²) in [5, 5.41) is 10.0. The van der Waals surface area contributed by atoms with Gasteiger partial charge in [0.15, 0.2) is 0 Å². The molecule has 1 saturated heterocycles. The van der Waals surface area contributed by atoms with Crippen molar-refractivity contribution in [3.8, 4) is 5.75 Å². The van der Waals surface area contributed by atoms with Crippen LogP contribution in [0.4, 0.5) is 5.69 Å². The molecule has 2 aliphatic heterocycles. The molecule has 2 unspecified atom stereocenters. The van der Waals surface area contributed by atoms with Crippen molar-refractivity contribution in [1.29, 1.82) is 0 Å². The number of anilines is 1. The molecule has 2 atom stereocenters. The van der Waals surface area contributed by atoms with Crippen molar-refractivity contribution in [1.82, 2.24) is 0 Å². The summed E-state index contributed by atoms with van der Waals surface area (Å²) in [4.78, 5) is 2.37. The van der Waals surface area contributed by atoms with E-state index in [9.17, 15) is 5.11 Å². The predicted molar refractivity (Wildman–Crippen MR) is 81.2 cm³/mol. The van der Waals surface area contributed by atoms with Crippen molar-refractivity contribution in [3.05, 3.63) is 48.3 Å². The standard InChI is InChI=1S/C17H21NO2/c1-11-13(3)20-16-10-14(18-8-4-5-9-18)6-7-15(16)17(11)12(2)19/h6-7,10,12,17,19H,1,3-5,8-9H2,2H3. The molecule has 106 valence electrons. The van der Waals surface area contributed by atoms with Gasteiger partial charge in [0.25, 0.3) is 0 Å². The van der Waals surface area contributed by atoms with Gasteiger partial charge in [-0.2, -0.15) is 0 Å². The van der Waals surface area contributed by atoms with Gasteiger partial charge >= 0.3 is 0 Å². The number of ether oxygens (including phenoxy) is 1. The molecular weight excluding hydrogens is 250 g/mol. The summed E-state index contributed by atoms with van der Waals surface area (Å²) in [6.07, 6.45) is 2.00. The van der Waals surface area contributed by atoms with E-state index in [4.69, 9.17) is 4.74 Å². The second-order valence-electron chi connectivity index (χ2n) is 5.69. The quantitative estimate of drug-likeness (QED) is 0.896. The fourth-order valence-corrected chi connectivity index (χ4v) is 3.15. The molecule has 0 aliphatic carbocycles. The van der Waals surface area contributed by atoms with Gasteiger partial charge in [-0.25, -0.2) is 0 Å². The van der Waals surface area contributed by atoms with E-state index in [1.54, 1.807) is 6.92 Å². The Hall–Kier alpha value is -1.74. The molecule has 3 heteroatoms. The zero-order chi connectivity index (χ0) is 14.3. The Bertz CT molecular complexity index is 556. The summed E-state index contributed by atoms with van der Waals surface area (Å²) in [6, 6.07) is 6.23. The molecule has 1 fully saturated rings. The second-order valence-corrected chi connectivity index (χ2v) is 5.69. The maximum absolute atomic E-state index is 10.0. The molecule has 2 heterocycles. The largest absolute Gasteiger partial charge is 0.457 e. The minimum absolute atomic E-state index is 0.126. The lowest BCUT2D eigenvalue weighted by atomic mass is 9.84. The van der Waals surface area contributed by atoms with E-state index in [1.807, 2.05) is 0 Å². The lowest BCUT2D eigenvalue weighted by molar-refractivity contribution is 0.167. The smallest absolute Gasteiger partial charge is 0.133 e. The first-order valence-corrected chi connectivity index (χ1v) is 7.21. The Balaban J connectivity index is 2.00. The molecule has 1 aromatic carbocycles. The molecule has 3 rings (SSSR count). The van der Waals surface area contributed by atoms with Crippen LogP contribution in [0.5, 0.6) is 5.75 Å². The Labute approximate surface area is 120 Å². The molecular formula is C17H21NO2. The molecule has 0 radical (unpaired) electrons. The van der Waals surface area contributed by atoms with Crippen molar-refractivity contribution < 1.29 is 9.84 Å². The third-order valence-electron chi connectivity index (χ3n) is 4.25. The minimum Gasteiger partial charge on any atom is -0.457 e. The highest BCUT2D eigenvalue weighted by Gasteiger charge is 2.31. The van der Waals surface area contributed by atoms with E-state index in [1.165, 1.54) is 18.5 Å². The number of hydrogen-bond acceptors (Lipinski definition) is 3. The summed E-state index contributed by atoms with van der Waals surface area (Å²) in [7, 11) is 0. The van der Waals surface area contributed by atoms with E-state index in [2.05, 4.69) is 36.3 Å². The van der Waals surface area contributed by atoms with Gasteiger partial charge in [-0.1, -0.05) is 19.2 Å². The Kier molecular flexibility index (Phi) is 3.30. The summed E-state index contributed by atoms with van der Waals surface area (Å²) in [6.45, 7) is 11.9. The number of aliphatic hydroxyl groups is 1. The summed E-state index contributed by atoms with van der Waals surface area (Å²) in [5.74, 6) is 1.23. The van der Waals surface area contributed by atoms with E-state index in [0.717, 1.165) is 30.0 Å². The average molecular weight is 271 g/mol. The van der Waals surface area contributed by atoms with Gasteiger partial charge in [0.1, 0.15) is 11.5 Å². The lowest BCUT2D eigenvalue weighted by Gasteiger charge is -2.32. The third kappa shape index (κ3) is 2.12. The Morgan fingerprint density at radius 1 is 1.30 bits per heavy atom. The first-order valence-electron chi connectivity index (χ1n) is 7.21. The van der Waals surface area contributed by atoms with Crippen LogP contribution in [0.15, 0.2) is 42.7 Å². The topological polar surface area (TPSA) is 32.7 Å². The molecule has 0 bridgehead atoms. The molecule has 0 amide bonds. The molecule has 3 nitrogen and oxygen atoms in total. The number of allylic oxidation sites excluding steroid dienone is 1. The van der Waals surface area contributed by atoms with Gasteiger partial charge in [-0.3, -0.25) is 0 Å². The van der Waals surface area contributed by atoms with Crippen LogP contribution in [0.25, 0.3) is 0 Å². The van der Waals surface area contributed by atoms with E-state index < -0.39 is 6.10 Å².